The lowest BCUT2D eigenvalue weighted by Gasteiger charge is -2.24. The SMILES string of the molecule is O=C1NOC(=O)C12C=C(c1ccc(Cl)cc1)SC(c1ccc(Cl)cc1)=C2. The number of halogens is 2. The predicted octanol–water partition coefficient (Wildman–Crippen LogP) is 4.70. The second-order valence-corrected chi connectivity index (χ2v) is 7.78. The molecule has 2 aromatic rings. The van der Waals surface area contributed by atoms with E-state index in [9.17, 15) is 9.59 Å². The molecule has 1 N–H and O–H groups in total. The quantitative estimate of drug-likeness (QED) is 0.738. The van der Waals surface area contributed by atoms with E-state index in [-0.39, 0.29) is 0 Å². The van der Waals surface area contributed by atoms with Gasteiger partial charge in [0.15, 0.2) is 5.41 Å². The van der Waals surface area contributed by atoms with E-state index in [1.54, 1.807) is 36.4 Å². The third kappa shape index (κ3) is 2.92. The van der Waals surface area contributed by atoms with Crippen LogP contribution in [0, 0.1) is 5.41 Å². The van der Waals surface area contributed by atoms with Crippen molar-refractivity contribution in [3.63, 3.8) is 0 Å². The van der Waals surface area contributed by atoms with Gasteiger partial charge >= 0.3 is 5.97 Å². The first-order valence-corrected chi connectivity index (χ1v) is 9.22. The van der Waals surface area contributed by atoms with Crippen LogP contribution in [0.25, 0.3) is 9.81 Å². The van der Waals surface area contributed by atoms with Crippen molar-refractivity contribution in [1.82, 2.24) is 5.48 Å². The van der Waals surface area contributed by atoms with Crippen molar-refractivity contribution >= 4 is 56.7 Å². The molecule has 2 aliphatic heterocycles. The van der Waals surface area contributed by atoms with Gasteiger partial charge in [-0.15, -0.1) is 0 Å². The molecule has 0 aliphatic carbocycles. The summed E-state index contributed by atoms with van der Waals surface area (Å²) < 4.78 is 0. The minimum absolute atomic E-state index is 0.513. The Morgan fingerprint density at radius 2 is 1.27 bits per heavy atom. The van der Waals surface area contributed by atoms with Crippen molar-refractivity contribution in [3.05, 3.63) is 81.9 Å². The van der Waals surface area contributed by atoms with Gasteiger partial charge in [-0.25, -0.2) is 4.79 Å². The number of hydroxylamine groups is 1. The van der Waals surface area contributed by atoms with Gasteiger partial charge in [-0.3, -0.25) is 4.79 Å². The van der Waals surface area contributed by atoms with E-state index in [1.165, 1.54) is 11.8 Å². The summed E-state index contributed by atoms with van der Waals surface area (Å²) in [6, 6.07) is 14.4. The first-order valence-electron chi connectivity index (χ1n) is 7.65. The van der Waals surface area contributed by atoms with Gasteiger partial charge in [-0.2, -0.15) is 5.48 Å². The molecule has 4 nitrogen and oxygen atoms in total. The van der Waals surface area contributed by atoms with E-state index in [4.69, 9.17) is 28.0 Å². The van der Waals surface area contributed by atoms with Gasteiger partial charge in [-0.1, -0.05) is 59.2 Å². The summed E-state index contributed by atoms with van der Waals surface area (Å²) in [5, 5.41) is 1.22. The molecule has 2 aromatic carbocycles. The number of rotatable bonds is 2. The largest absolute Gasteiger partial charge is 0.355 e. The standard InChI is InChI=1S/C19H11Cl2NO3S/c20-13-5-1-11(2-6-13)15-9-19(17(23)22-25-18(19)24)10-16(26-15)12-3-7-14(21)8-4-12/h1-10H,(H,22,23). The normalized spacial score (nSPS) is 18.2. The summed E-state index contributed by atoms with van der Waals surface area (Å²) in [4.78, 5) is 31.1. The molecular formula is C19H11Cl2NO3S. The topological polar surface area (TPSA) is 55.4 Å². The van der Waals surface area contributed by atoms with Crippen LogP contribution < -0.4 is 5.48 Å². The van der Waals surface area contributed by atoms with Crippen molar-refractivity contribution in [2.75, 3.05) is 0 Å². The number of hydrogen-bond donors (Lipinski definition) is 1. The zero-order chi connectivity index (χ0) is 18.3. The molecule has 130 valence electrons. The van der Waals surface area contributed by atoms with Crippen molar-refractivity contribution < 1.29 is 14.4 Å². The molecule has 4 rings (SSSR count). The highest BCUT2D eigenvalue weighted by Crippen LogP contribution is 2.49. The third-order valence-electron chi connectivity index (χ3n) is 4.14. The molecule has 2 aliphatic rings. The molecule has 0 bridgehead atoms. The lowest BCUT2D eigenvalue weighted by atomic mass is 9.85. The molecule has 1 amide bonds. The number of amides is 1. The van der Waals surface area contributed by atoms with Crippen molar-refractivity contribution in [2.45, 2.75) is 0 Å². The molecule has 0 aromatic heterocycles. The maximum absolute atomic E-state index is 12.4. The minimum atomic E-state index is -1.49. The number of carbonyl (C=O) groups excluding carboxylic acids is 2. The van der Waals surface area contributed by atoms with E-state index in [1.807, 2.05) is 24.3 Å². The highest BCUT2D eigenvalue weighted by Gasteiger charge is 2.52. The number of benzene rings is 2. The molecule has 1 spiro atoms. The zero-order valence-corrected chi connectivity index (χ0v) is 15.5. The predicted molar refractivity (Wildman–Crippen MR) is 103 cm³/mol. The molecule has 0 unspecified atom stereocenters. The first kappa shape index (κ1) is 17.2. The summed E-state index contributed by atoms with van der Waals surface area (Å²) in [6.07, 6.45) is 3.26. The fourth-order valence-corrected chi connectivity index (χ4v) is 4.24. The Balaban J connectivity index is 1.85. The van der Waals surface area contributed by atoms with Gasteiger partial charge in [-0.05, 0) is 47.5 Å². The highest BCUT2D eigenvalue weighted by atomic mass is 35.5. The van der Waals surface area contributed by atoms with Gasteiger partial charge in [0.2, 0.25) is 0 Å². The van der Waals surface area contributed by atoms with Gasteiger partial charge in [0.05, 0.1) is 0 Å². The number of carbonyl (C=O) groups is 2. The van der Waals surface area contributed by atoms with Crippen LogP contribution in [0.2, 0.25) is 10.0 Å². The van der Waals surface area contributed by atoms with Crippen molar-refractivity contribution in [1.29, 1.82) is 0 Å². The van der Waals surface area contributed by atoms with Crippen LogP contribution in [0.15, 0.2) is 60.7 Å². The minimum Gasteiger partial charge on any atom is -0.339 e. The van der Waals surface area contributed by atoms with Gasteiger partial charge in [0.25, 0.3) is 5.91 Å². The first-order chi connectivity index (χ1) is 12.5. The van der Waals surface area contributed by atoms with Crippen LogP contribution in [0.4, 0.5) is 0 Å². The second kappa shape index (κ2) is 6.50. The fourth-order valence-electron chi connectivity index (χ4n) is 2.75. The Kier molecular flexibility index (Phi) is 4.31. The maximum Gasteiger partial charge on any atom is 0.355 e. The zero-order valence-electron chi connectivity index (χ0n) is 13.2. The Labute approximate surface area is 163 Å². The Morgan fingerprint density at radius 3 is 1.65 bits per heavy atom. The summed E-state index contributed by atoms with van der Waals surface area (Å²) in [7, 11) is 0. The average Bonchev–Trinajstić information content (AvgIpc) is 2.90. The summed E-state index contributed by atoms with van der Waals surface area (Å²) in [6.45, 7) is 0. The molecule has 1 fully saturated rings. The number of nitrogens with one attached hydrogen (secondary N) is 1. The molecule has 0 saturated carbocycles. The van der Waals surface area contributed by atoms with Crippen LogP contribution in [0.5, 0.6) is 0 Å². The van der Waals surface area contributed by atoms with Gasteiger partial charge in [0, 0.05) is 19.9 Å². The van der Waals surface area contributed by atoms with Crippen LogP contribution in [0.3, 0.4) is 0 Å². The Morgan fingerprint density at radius 1 is 0.808 bits per heavy atom. The van der Waals surface area contributed by atoms with Crippen molar-refractivity contribution in [3.8, 4) is 0 Å². The van der Waals surface area contributed by atoms with E-state index in [0.717, 1.165) is 20.9 Å². The summed E-state index contributed by atoms with van der Waals surface area (Å²) in [5.41, 5.74) is 2.38. The Hall–Kier alpha value is -2.21. The highest BCUT2D eigenvalue weighted by molar-refractivity contribution is 8.16. The third-order valence-corrected chi connectivity index (χ3v) is 5.80. The molecule has 2 heterocycles. The van der Waals surface area contributed by atoms with E-state index >= 15 is 0 Å². The second-order valence-electron chi connectivity index (χ2n) is 5.82. The lowest BCUT2D eigenvalue weighted by Crippen LogP contribution is -2.33. The van der Waals surface area contributed by atoms with Gasteiger partial charge < -0.3 is 4.84 Å². The average molecular weight is 404 g/mol. The van der Waals surface area contributed by atoms with Crippen LogP contribution in [0.1, 0.15) is 11.1 Å². The van der Waals surface area contributed by atoms with Crippen LogP contribution >= 0.6 is 35.0 Å². The van der Waals surface area contributed by atoms with Crippen LogP contribution in [-0.4, -0.2) is 11.9 Å². The maximum atomic E-state index is 12.4. The summed E-state index contributed by atoms with van der Waals surface area (Å²) >= 11 is 13.4. The fraction of sp³-hybridized carbons (Fsp3) is 0.0526. The van der Waals surface area contributed by atoms with Crippen LogP contribution in [-0.2, 0) is 14.4 Å². The molecule has 0 radical (unpaired) electrons. The molecule has 7 heteroatoms. The number of hydrogen-bond acceptors (Lipinski definition) is 4. The molecule has 0 atom stereocenters. The molecule has 26 heavy (non-hydrogen) atoms. The Bertz CT molecular complexity index is 886. The van der Waals surface area contributed by atoms with E-state index in [2.05, 4.69) is 5.48 Å². The lowest BCUT2D eigenvalue weighted by molar-refractivity contribution is -0.147. The van der Waals surface area contributed by atoms with E-state index in [0.29, 0.717) is 10.0 Å². The molecule has 1 saturated heterocycles. The van der Waals surface area contributed by atoms with Crippen molar-refractivity contribution in [2.24, 2.45) is 5.41 Å². The summed E-state index contributed by atoms with van der Waals surface area (Å²) in [5.74, 6) is -1.17. The number of thioether (sulfide) groups is 1. The molecular weight excluding hydrogens is 393 g/mol. The van der Waals surface area contributed by atoms with E-state index < -0.39 is 17.3 Å². The monoisotopic (exact) mass is 403 g/mol. The smallest absolute Gasteiger partial charge is 0.339 e. The van der Waals surface area contributed by atoms with Gasteiger partial charge in [0.1, 0.15) is 0 Å².